The quantitative estimate of drug-likeness (QED) is 0.259. The number of nitrogens with zero attached hydrogens (tertiary/aromatic N) is 3. The highest BCUT2D eigenvalue weighted by atomic mass is 79.9. The number of benzene rings is 2. The predicted molar refractivity (Wildman–Crippen MR) is 134 cm³/mol. The summed E-state index contributed by atoms with van der Waals surface area (Å²) in [4.78, 5) is 10.4. The smallest absolute Gasteiger partial charge is 0.148 e. The molecule has 0 saturated carbocycles. The van der Waals surface area contributed by atoms with Gasteiger partial charge in [-0.1, -0.05) is 68.4 Å². The van der Waals surface area contributed by atoms with Crippen molar-refractivity contribution in [3.05, 3.63) is 51.8 Å². The number of hydrogen-bond donors (Lipinski definition) is 0. The molecule has 0 N–H and O–H groups in total. The van der Waals surface area contributed by atoms with E-state index in [1.165, 1.54) is 11.1 Å². The summed E-state index contributed by atoms with van der Waals surface area (Å²) in [5, 5.41) is 1.08. The lowest BCUT2D eigenvalue weighted by molar-refractivity contribution is 0.125. The molecule has 1 aliphatic carbocycles. The van der Waals surface area contributed by atoms with E-state index < -0.39 is 0 Å². The molecule has 0 spiro atoms. The molecule has 0 aliphatic heterocycles. The van der Waals surface area contributed by atoms with Crippen LogP contribution in [0.2, 0.25) is 0 Å². The minimum atomic E-state index is -0.123. The fourth-order valence-corrected chi connectivity index (χ4v) is 5.93. The van der Waals surface area contributed by atoms with Crippen LogP contribution in [-0.4, -0.2) is 14.4 Å². The SMILES string of the molecule is CC(C)(C)c1nc2c(Br)cccc2c2nc3cc4c(cc3n12)C(C)(C)C(C)(C)C4(C)C. The molecule has 4 aromatic rings. The summed E-state index contributed by atoms with van der Waals surface area (Å²) >= 11 is 3.71. The van der Waals surface area contributed by atoms with Crippen molar-refractivity contribution in [2.45, 2.75) is 78.6 Å². The zero-order valence-corrected chi connectivity index (χ0v) is 21.7. The van der Waals surface area contributed by atoms with Crippen LogP contribution in [0.1, 0.15) is 79.3 Å². The van der Waals surface area contributed by atoms with Crippen LogP contribution < -0.4 is 0 Å². The lowest BCUT2D eigenvalue weighted by Crippen LogP contribution is -2.42. The van der Waals surface area contributed by atoms with Crippen LogP contribution >= 0.6 is 15.9 Å². The number of halogens is 1. The maximum absolute atomic E-state index is 5.20. The van der Waals surface area contributed by atoms with Crippen molar-refractivity contribution >= 4 is 43.5 Å². The molecule has 5 rings (SSSR count). The first kappa shape index (κ1) is 20.9. The first-order chi connectivity index (χ1) is 14.2. The van der Waals surface area contributed by atoms with Gasteiger partial charge in [-0.25, -0.2) is 9.97 Å². The van der Waals surface area contributed by atoms with Crippen LogP contribution in [0.15, 0.2) is 34.8 Å². The first-order valence-corrected chi connectivity index (χ1v) is 11.9. The zero-order chi connectivity index (χ0) is 22.7. The van der Waals surface area contributed by atoms with E-state index in [2.05, 4.69) is 113 Å². The lowest BCUT2D eigenvalue weighted by Gasteiger charge is -2.44. The van der Waals surface area contributed by atoms with Gasteiger partial charge in [0.15, 0.2) is 0 Å². The third-order valence-corrected chi connectivity index (χ3v) is 9.23. The van der Waals surface area contributed by atoms with Gasteiger partial charge in [-0.15, -0.1) is 0 Å². The number of aromatic nitrogens is 3. The second-order valence-electron chi connectivity index (χ2n) is 11.9. The predicted octanol–water partition coefficient (Wildman–Crippen LogP) is 7.69. The third kappa shape index (κ3) is 2.46. The van der Waals surface area contributed by atoms with Crippen LogP contribution in [0.5, 0.6) is 0 Å². The van der Waals surface area contributed by atoms with Gasteiger partial charge in [0.2, 0.25) is 0 Å². The summed E-state index contributed by atoms with van der Waals surface area (Å²) in [6, 6.07) is 11.0. The molecular weight excluding hydrogens is 446 g/mol. The van der Waals surface area contributed by atoms with E-state index in [9.17, 15) is 0 Å². The van der Waals surface area contributed by atoms with E-state index in [0.29, 0.717) is 0 Å². The zero-order valence-electron chi connectivity index (χ0n) is 20.1. The van der Waals surface area contributed by atoms with E-state index >= 15 is 0 Å². The van der Waals surface area contributed by atoms with Crippen molar-refractivity contribution in [2.75, 3.05) is 0 Å². The minimum absolute atomic E-state index is 0.0549. The van der Waals surface area contributed by atoms with E-state index in [1.54, 1.807) is 0 Å². The maximum Gasteiger partial charge on any atom is 0.148 e. The lowest BCUT2D eigenvalue weighted by atomic mass is 9.59. The van der Waals surface area contributed by atoms with Crippen molar-refractivity contribution in [3.8, 4) is 0 Å². The summed E-state index contributed by atoms with van der Waals surface area (Å²) in [6.45, 7) is 21.1. The Morgan fingerprint density at radius 3 is 2.10 bits per heavy atom. The van der Waals surface area contributed by atoms with Gasteiger partial charge >= 0.3 is 0 Å². The molecule has 0 radical (unpaired) electrons. The number of imidazole rings is 1. The van der Waals surface area contributed by atoms with Crippen molar-refractivity contribution in [1.82, 2.24) is 14.4 Å². The van der Waals surface area contributed by atoms with Gasteiger partial charge in [0.05, 0.1) is 16.6 Å². The average Bonchev–Trinajstić information content (AvgIpc) is 3.08. The highest BCUT2D eigenvalue weighted by Gasteiger charge is 2.57. The molecule has 2 aromatic carbocycles. The average molecular weight is 478 g/mol. The highest BCUT2D eigenvalue weighted by Crippen LogP contribution is 2.62. The van der Waals surface area contributed by atoms with Gasteiger partial charge in [-0.2, -0.15) is 0 Å². The number of fused-ring (bicyclic) bond motifs is 6. The molecule has 1 aliphatic rings. The second kappa shape index (κ2) is 5.89. The molecule has 2 heterocycles. The minimum Gasteiger partial charge on any atom is -0.279 e. The summed E-state index contributed by atoms with van der Waals surface area (Å²) in [5.41, 5.74) is 7.17. The topological polar surface area (TPSA) is 30.2 Å². The van der Waals surface area contributed by atoms with Gasteiger partial charge in [0.1, 0.15) is 11.5 Å². The molecule has 2 aromatic heterocycles. The van der Waals surface area contributed by atoms with Crippen molar-refractivity contribution < 1.29 is 0 Å². The van der Waals surface area contributed by atoms with E-state index in [4.69, 9.17) is 9.97 Å². The van der Waals surface area contributed by atoms with Crippen LogP contribution in [0.25, 0.3) is 27.6 Å². The van der Waals surface area contributed by atoms with Crippen LogP contribution in [0.4, 0.5) is 0 Å². The van der Waals surface area contributed by atoms with Crippen molar-refractivity contribution in [2.24, 2.45) is 5.41 Å². The Bertz CT molecular complexity index is 1400. The summed E-state index contributed by atoms with van der Waals surface area (Å²) in [6.07, 6.45) is 0. The Balaban J connectivity index is 2.00. The maximum atomic E-state index is 5.20. The Morgan fingerprint density at radius 2 is 1.48 bits per heavy atom. The first-order valence-electron chi connectivity index (χ1n) is 11.2. The molecule has 0 unspecified atom stereocenters. The Hall–Kier alpha value is -1.94. The van der Waals surface area contributed by atoms with E-state index in [1.807, 2.05) is 0 Å². The Morgan fingerprint density at radius 1 is 0.871 bits per heavy atom. The van der Waals surface area contributed by atoms with Crippen molar-refractivity contribution in [3.63, 3.8) is 0 Å². The molecule has 0 saturated heterocycles. The van der Waals surface area contributed by atoms with E-state index in [0.717, 1.165) is 37.9 Å². The summed E-state index contributed by atoms with van der Waals surface area (Å²) in [5.74, 6) is 1.04. The normalized spacial score (nSPS) is 19.4. The molecule has 0 fully saturated rings. The number of para-hydroxylation sites is 1. The van der Waals surface area contributed by atoms with Crippen LogP contribution in [-0.2, 0) is 16.2 Å². The van der Waals surface area contributed by atoms with Gasteiger partial charge in [0, 0.05) is 15.3 Å². The van der Waals surface area contributed by atoms with E-state index in [-0.39, 0.29) is 21.7 Å². The molecular formula is C27H32BrN3. The standard InChI is InChI=1S/C27H32BrN3/c1-24(2,3)23-30-21-15(11-10-12-18(21)28)22-29-19-13-16-17(14-20(19)31(22)23)26(6,7)27(8,9)25(16,4)5/h10-14H,1-9H3. The molecule has 3 nitrogen and oxygen atoms in total. The van der Waals surface area contributed by atoms with Gasteiger partial charge in [-0.3, -0.25) is 4.40 Å². The number of rotatable bonds is 0. The number of hydrogen-bond acceptors (Lipinski definition) is 2. The monoisotopic (exact) mass is 477 g/mol. The Labute approximate surface area is 193 Å². The van der Waals surface area contributed by atoms with Gasteiger partial charge in [-0.05, 0) is 67.6 Å². The fourth-order valence-electron chi connectivity index (χ4n) is 5.48. The largest absolute Gasteiger partial charge is 0.279 e. The molecule has 0 amide bonds. The third-order valence-electron chi connectivity index (χ3n) is 8.59. The van der Waals surface area contributed by atoms with Crippen molar-refractivity contribution in [1.29, 1.82) is 0 Å². The molecule has 4 heteroatoms. The molecule has 0 atom stereocenters. The van der Waals surface area contributed by atoms with Gasteiger partial charge < -0.3 is 0 Å². The molecule has 31 heavy (non-hydrogen) atoms. The Kier molecular flexibility index (Phi) is 3.98. The molecule has 0 bridgehead atoms. The summed E-state index contributed by atoms with van der Waals surface area (Å²) in [7, 11) is 0. The second-order valence-corrected chi connectivity index (χ2v) is 12.7. The summed E-state index contributed by atoms with van der Waals surface area (Å²) < 4.78 is 3.32. The van der Waals surface area contributed by atoms with Crippen LogP contribution in [0.3, 0.4) is 0 Å². The van der Waals surface area contributed by atoms with Crippen LogP contribution in [0, 0.1) is 5.41 Å². The molecule has 162 valence electrons. The fraction of sp³-hybridized carbons (Fsp3) is 0.481. The highest BCUT2D eigenvalue weighted by molar-refractivity contribution is 9.10. The van der Waals surface area contributed by atoms with Gasteiger partial charge in [0.25, 0.3) is 0 Å².